The van der Waals surface area contributed by atoms with Crippen LogP contribution in [0.5, 0.6) is 0 Å². The molecule has 0 aliphatic carbocycles. The van der Waals surface area contributed by atoms with Gasteiger partial charge >= 0.3 is 0 Å². The van der Waals surface area contributed by atoms with E-state index in [1.54, 1.807) is 0 Å². The minimum Gasteiger partial charge on any atom is -0.396 e. The Morgan fingerprint density at radius 1 is 1.00 bits per heavy atom. The van der Waals surface area contributed by atoms with Crippen molar-refractivity contribution in [2.75, 3.05) is 39.4 Å². The summed E-state index contributed by atoms with van der Waals surface area (Å²) >= 11 is 0. The van der Waals surface area contributed by atoms with E-state index in [2.05, 4.69) is 5.32 Å². The van der Waals surface area contributed by atoms with Gasteiger partial charge in [0.05, 0.1) is 17.8 Å². The SMILES string of the molecule is OCCC1(O)CCN(OCC2(O)CCNCC2)CC1. The smallest absolute Gasteiger partial charge is 0.0973 e. The lowest BCUT2D eigenvalue weighted by molar-refractivity contribution is -0.228. The van der Waals surface area contributed by atoms with Gasteiger partial charge < -0.3 is 20.6 Å². The Morgan fingerprint density at radius 2 is 1.63 bits per heavy atom. The minimum atomic E-state index is -0.750. The van der Waals surface area contributed by atoms with Crippen molar-refractivity contribution in [2.45, 2.75) is 43.3 Å². The summed E-state index contributed by atoms with van der Waals surface area (Å²) in [6.45, 7) is 3.29. The number of nitrogens with zero attached hydrogens (tertiary/aromatic N) is 1. The molecule has 0 spiro atoms. The lowest BCUT2D eigenvalue weighted by Crippen LogP contribution is -2.49. The second kappa shape index (κ2) is 6.47. The van der Waals surface area contributed by atoms with Crippen LogP contribution in [-0.2, 0) is 4.84 Å². The van der Waals surface area contributed by atoms with Gasteiger partial charge in [-0.25, -0.2) is 0 Å². The first-order valence-electron chi connectivity index (χ1n) is 7.20. The van der Waals surface area contributed by atoms with E-state index in [9.17, 15) is 10.2 Å². The largest absolute Gasteiger partial charge is 0.396 e. The molecule has 0 aromatic rings. The molecule has 4 N–H and O–H groups in total. The van der Waals surface area contributed by atoms with E-state index in [4.69, 9.17) is 9.94 Å². The lowest BCUT2D eigenvalue weighted by atomic mass is 9.89. The zero-order valence-electron chi connectivity index (χ0n) is 11.5. The number of rotatable bonds is 5. The fraction of sp³-hybridized carbons (Fsp3) is 1.00. The average molecular weight is 274 g/mol. The molecule has 0 unspecified atom stereocenters. The predicted octanol–water partition coefficient (Wildman–Crippen LogP) is -0.758. The maximum Gasteiger partial charge on any atom is 0.0973 e. The zero-order valence-corrected chi connectivity index (χ0v) is 11.5. The number of aliphatic hydroxyl groups is 3. The molecule has 2 heterocycles. The quantitative estimate of drug-likeness (QED) is 0.527. The Morgan fingerprint density at radius 3 is 2.21 bits per heavy atom. The van der Waals surface area contributed by atoms with Gasteiger partial charge in [0.15, 0.2) is 0 Å². The van der Waals surface area contributed by atoms with Crippen LogP contribution in [-0.4, -0.2) is 71.0 Å². The summed E-state index contributed by atoms with van der Waals surface area (Å²) in [5.41, 5.74) is -1.47. The van der Waals surface area contributed by atoms with E-state index in [1.165, 1.54) is 0 Å². The van der Waals surface area contributed by atoms with E-state index >= 15 is 0 Å². The van der Waals surface area contributed by atoms with E-state index in [0.29, 0.717) is 39.0 Å². The van der Waals surface area contributed by atoms with Crippen LogP contribution in [0.2, 0.25) is 0 Å². The fourth-order valence-electron chi connectivity index (χ4n) is 2.74. The lowest BCUT2D eigenvalue weighted by Gasteiger charge is -2.39. The van der Waals surface area contributed by atoms with E-state index in [1.807, 2.05) is 5.06 Å². The molecule has 2 aliphatic rings. The van der Waals surface area contributed by atoms with Crippen LogP contribution in [0, 0.1) is 0 Å². The molecule has 6 nitrogen and oxygen atoms in total. The van der Waals surface area contributed by atoms with Crippen LogP contribution in [0.3, 0.4) is 0 Å². The first kappa shape index (κ1) is 15.2. The third-order valence-electron chi connectivity index (χ3n) is 4.28. The van der Waals surface area contributed by atoms with Gasteiger partial charge in [0, 0.05) is 19.7 Å². The summed E-state index contributed by atoms with van der Waals surface area (Å²) in [5.74, 6) is 0. The highest BCUT2D eigenvalue weighted by atomic mass is 16.7. The summed E-state index contributed by atoms with van der Waals surface area (Å²) in [6.07, 6.45) is 3.07. The highest BCUT2D eigenvalue weighted by molar-refractivity contribution is 4.86. The van der Waals surface area contributed by atoms with Gasteiger partial charge in [-0.1, -0.05) is 0 Å². The number of aliphatic hydroxyl groups excluding tert-OH is 1. The van der Waals surface area contributed by atoms with Crippen molar-refractivity contribution in [2.24, 2.45) is 0 Å². The number of hydrogen-bond donors (Lipinski definition) is 4. The van der Waals surface area contributed by atoms with E-state index in [0.717, 1.165) is 25.9 Å². The second-order valence-corrected chi connectivity index (χ2v) is 5.87. The molecule has 112 valence electrons. The van der Waals surface area contributed by atoms with Crippen molar-refractivity contribution < 1.29 is 20.2 Å². The van der Waals surface area contributed by atoms with Crippen LogP contribution in [0.25, 0.3) is 0 Å². The van der Waals surface area contributed by atoms with Crippen LogP contribution in [0.1, 0.15) is 32.1 Å². The normalized spacial score (nSPS) is 27.3. The second-order valence-electron chi connectivity index (χ2n) is 5.87. The summed E-state index contributed by atoms with van der Waals surface area (Å²) in [4.78, 5) is 5.68. The van der Waals surface area contributed by atoms with Crippen molar-refractivity contribution in [3.05, 3.63) is 0 Å². The minimum absolute atomic E-state index is 0.0180. The number of piperidine rings is 2. The maximum absolute atomic E-state index is 10.3. The molecule has 2 aliphatic heterocycles. The molecular formula is C13H26N2O4. The van der Waals surface area contributed by atoms with Crippen molar-refractivity contribution in [1.82, 2.24) is 10.4 Å². The third-order valence-corrected chi connectivity index (χ3v) is 4.28. The van der Waals surface area contributed by atoms with Gasteiger partial charge in [0.2, 0.25) is 0 Å². The Balaban J connectivity index is 1.71. The standard InChI is InChI=1S/C13H26N2O4/c16-10-5-12(17)3-8-15(9-4-12)19-11-13(18)1-6-14-7-2-13/h14,16-18H,1-11H2. The Hall–Kier alpha value is -0.240. The first-order valence-corrected chi connectivity index (χ1v) is 7.20. The molecule has 2 saturated heterocycles. The number of nitrogens with one attached hydrogen (secondary N) is 1. The zero-order chi connectivity index (χ0) is 13.8. The highest BCUT2D eigenvalue weighted by Gasteiger charge is 2.34. The molecule has 6 heteroatoms. The van der Waals surface area contributed by atoms with E-state index < -0.39 is 11.2 Å². The van der Waals surface area contributed by atoms with Gasteiger partial charge in [-0.05, 0) is 45.2 Å². The van der Waals surface area contributed by atoms with Gasteiger partial charge in [0.1, 0.15) is 0 Å². The third kappa shape index (κ3) is 4.37. The van der Waals surface area contributed by atoms with Gasteiger partial charge in [-0.3, -0.25) is 4.84 Å². The molecule has 0 radical (unpaired) electrons. The van der Waals surface area contributed by atoms with Crippen LogP contribution < -0.4 is 5.32 Å². The Bertz CT molecular complexity index is 274. The van der Waals surface area contributed by atoms with Gasteiger partial charge in [0.25, 0.3) is 0 Å². The summed E-state index contributed by atoms with van der Waals surface area (Å²) in [6, 6.07) is 0. The molecule has 0 aromatic carbocycles. The van der Waals surface area contributed by atoms with Crippen LogP contribution in [0.15, 0.2) is 0 Å². The summed E-state index contributed by atoms with van der Waals surface area (Å²) < 4.78 is 0. The average Bonchev–Trinajstić information content (AvgIpc) is 2.39. The fourth-order valence-corrected chi connectivity index (χ4v) is 2.74. The Kier molecular flexibility index (Phi) is 5.16. The summed E-state index contributed by atoms with van der Waals surface area (Å²) in [5, 5.41) is 34.4. The first-order chi connectivity index (χ1) is 9.05. The molecule has 0 aromatic heterocycles. The van der Waals surface area contributed by atoms with Crippen LogP contribution >= 0.6 is 0 Å². The van der Waals surface area contributed by atoms with Crippen molar-refractivity contribution in [3.63, 3.8) is 0 Å². The van der Waals surface area contributed by atoms with Gasteiger partial charge in [-0.2, -0.15) is 5.06 Å². The summed E-state index contributed by atoms with van der Waals surface area (Å²) in [7, 11) is 0. The highest BCUT2D eigenvalue weighted by Crippen LogP contribution is 2.26. The van der Waals surface area contributed by atoms with Crippen molar-refractivity contribution in [3.8, 4) is 0 Å². The van der Waals surface area contributed by atoms with Crippen molar-refractivity contribution >= 4 is 0 Å². The number of hydroxylamine groups is 2. The predicted molar refractivity (Wildman–Crippen MR) is 70.5 cm³/mol. The molecule has 0 amide bonds. The molecule has 0 saturated carbocycles. The number of hydrogen-bond acceptors (Lipinski definition) is 6. The molecule has 0 bridgehead atoms. The monoisotopic (exact) mass is 274 g/mol. The van der Waals surface area contributed by atoms with Crippen molar-refractivity contribution in [1.29, 1.82) is 0 Å². The maximum atomic E-state index is 10.3. The van der Waals surface area contributed by atoms with E-state index in [-0.39, 0.29) is 6.61 Å². The molecule has 2 rings (SSSR count). The van der Waals surface area contributed by atoms with Gasteiger partial charge in [-0.15, -0.1) is 0 Å². The molecule has 0 atom stereocenters. The Labute approximate surface area is 114 Å². The van der Waals surface area contributed by atoms with Crippen LogP contribution in [0.4, 0.5) is 0 Å². The molecule has 2 fully saturated rings. The topological polar surface area (TPSA) is 85.2 Å². The molecular weight excluding hydrogens is 248 g/mol. The molecule has 19 heavy (non-hydrogen) atoms.